The zero-order valence-corrected chi connectivity index (χ0v) is 9.96. The van der Waals surface area contributed by atoms with Gasteiger partial charge in [0.25, 0.3) is 0 Å². The minimum absolute atomic E-state index is 0.0738. The van der Waals surface area contributed by atoms with Gasteiger partial charge in [-0.05, 0) is 12.1 Å². The molecule has 1 aromatic carbocycles. The second kappa shape index (κ2) is 5.77. The normalized spacial score (nSPS) is 9.83. The van der Waals surface area contributed by atoms with Gasteiger partial charge in [-0.25, -0.2) is 9.97 Å². The van der Waals surface area contributed by atoms with E-state index in [9.17, 15) is 4.79 Å². The van der Waals surface area contributed by atoms with Gasteiger partial charge in [-0.2, -0.15) is 0 Å². The van der Waals surface area contributed by atoms with Gasteiger partial charge in [-0.15, -0.1) is 0 Å². The van der Waals surface area contributed by atoms with Crippen LogP contribution < -0.4 is 10.1 Å². The van der Waals surface area contributed by atoms with Crippen LogP contribution >= 0.6 is 0 Å². The predicted octanol–water partition coefficient (Wildman–Crippen LogP) is 2.62. The van der Waals surface area contributed by atoms with E-state index in [4.69, 9.17) is 4.74 Å². The summed E-state index contributed by atoms with van der Waals surface area (Å²) >= 11 is 0. The number of nitrogens with zero attached hydrogens (tertiary/aromatic N) is 2. The molecule has 0 unspecified atom stereocenters. The molecule has 0 atom stereocenters. The summed E-state index contributed by atoms with van der Waals surface area (Å²) in [5.41, 5.74) is 0.558. The molecule has 0 saturated heterocycles. The molecule has 0 bridgehead atoms. The van der Waals surface area contributed by atoms with Crippen LogP contribution in [0.3, 0.4) is 0 Å². The van der Waals surface area contributed by atoms with E-state index in [0.29, 0.717) is 17.9 Å². The molecule has 2 aromatic rings. The van der Waals surface area contributed by atoms with E-state index in [1.165, 1.54) is 12.4 Å². The average Bonchev–Trinajstić information content (AvgIpc) is 2.42. The van der Waals surface area contributed by atoms with Crippen LogP contribution in [0.15, 0.2) is 42.7 Å². The smallest absolute Gasteiger partial charge is 0.322 e. The van der Waals surface area contributed by atoms with Crippen molar-refractivity contribution in [1.82, 2.24) is 9.97 Å². The standard InChI is InChI=1S/C13H13N3O2/c1-2-12(17)16-10-8-14-13(15-9-10)18-11-6-4-3-5-7-11/h3-9H,2H2,1H3,(H,16,17). The summed E-state index contributed by atoms with van der Waals surface area (Å²) in [6.07, 6.45) is 3.44. The fourth-order valence-electron chi connectivity index (χ4n) is 1.28. The number of carbonyl (C=O) groups excluding carboxylic acids is 1. The Bertz CT molecular complexity index is 512. The second-order valence-corrected chi connectivity index (χ2v) is 3.57. The highest BCUT2D eigenvalue weighted by Gasteiger charge is 2.02. The minimum atomic E-state index is -0.0738. The third-order valence-corrected chi connectivity index (χ3v) is 2.19. The van der Waals surface area contributed by atoms with Crippen LogP contribution in [0.5, 0.6) is 11.8 Å². The fraction of sp³-hybridized carbons (Fsp3) is 0.154. The van der Waals surface area contributed by atoms with E-state index in [0.717, 1.165) is 0 Å². The highest BCUT2D eigenvalue weighted by Crippen LogP contribution is 2.17. The number of aromatic nitrogens is 2. The first-order valence-electron chi connectivity index (χ1n) is 5.62. The number of amides is 1. The van der Waals surface area contributed by atoms with Gasteiger partial charge in [-0.1, -0.05) is 25.1 Å². The number of hydrogen-bond donors (Lipinski definition) is 1. The third-order valence-electron chi connectivity index (χ3n) is 2.19. The van der Waals surface area contributed by atoms with Gasteiger partial charge in [0.05, 0.1) is 18.1 Å². The van der Waals surface area contributed by atoms with E-state index in [2.05, 4.69) is 15.3 Å². The number of nitrogens with one attached hydrogen (secondary N) is 1. The van der Waals surface area contributed by atoms with Crippen LogP contribution in [0.2, 0.25) is 0 Å². The summed E-state index contributed by atoms with van der Waals surface area (Å²) in [4.78, 5) is 19.2. The molecule has 5 heteroatoms. The van der Waals surface area contributed by atoms with Crippen molar-refractivity contribution >= 4 is 11.6 Å². The summed E-state index contributed by atoms with van der Waals surface area (Å²) in [5, 5.41) is 2.66. The topological polar surface area (TPSA) is 64.1 Å². The number of anilines is 1. The molecular weight excluding hydrogens is 230 g/mol. The lowest BCUT2D eigenvalue weighted by Crippen LogP contribution is -2.09. The molecule has 1 aromatic heterocycles. The molecule has 1 N–H and O–H groups in total. The molecule has 0 spiro atoms. The number of ether oxygens (including phenoxy) is 1. The Hall–Kier alpha value is -2.43. The van der Waals surface area contributed by atoms with Crippen LogP contribution in [0.4, 0.5) is 5.69 Å². The van der Waals surface area contributed by atoms with Gasteiger partial charge >= 0.3 is 6.01 Å². The van der Waals surface area contributed by atoms with Crippen LogP contribution in [-0.2, 0) is 4.79 Å². The maximum Gasteiger partial charge on any atom is 0.322 e. The largest absolute Gasteiger partial charge is 0.424 e. The summed E-state index contributed by atoms with van der Waals surface area (Å²) in [7, 11) is 0. The van der Waals surface area contributed by atoms with Gasteiger partial charge < -0.3 is 10.1 Å². The molecule has 1 heterocycles. The molecule has 0 fully saturated rings. The van der Waals surface area contributed by atoms with E-state index in [1.54, 1.807) is 6.92 Å². The van der Waals surface area contributed by atoms with Gasteiger partial charge in [-0.3, -0.25) is 4.79 Å². The van der Waals surface area contributed by atoms with E-state index in [-0.39, 0.29) is 11.9 Å². The summed E-state index contributed by atoms with van der Waals surface area (Å²) in [5.74, 6) is 0.596. The fourth-order valence-corrected chi connectivity index (χ4v) is 1.28. The van der Waals surface area contributed by atoms with Crippen molar-refractivity contribution in [2.24, 2.45) is 0 Å². The highest BCUT2D eigenvalue weighted by atomic mass is 16.5. The van der Waals surface area contributed by atoms with Gasteiger partial charge in [0, 0.05) is 6.42 Å². The van der Waals surface area contributed by atoms with Crippen molar-refractivity contribution in [3.63, 3.8) is 0 Å². The lowest BCUT2D eigenvalue weighted by molar-refractivity contribution is -0.115. The lowest BCUT2D eigenvalue weighted by Gasteiger charge is -2.05. The predicted molar refractivity (Wildman–Crippen MR) is 67.5 cm³/mol. The Morgan fingerprint density at radius 1 is 1.22 bits per heavy atom. The van der Waals surface area contributed by atoms with Crippen LogP contribution in [-0.4, -0.2) is 15.9 Å². The SMILES string of the molecule is CCC(=O)Nc1cnc(Oc2ccccc2)nc1. The number of rotatable bonds is 4. The molecule has 0 saturated carbocycles. The average molecular weight is 243 g/mol. The number of para-hydroxylation sites is 1. The number of hydrogen-bond acceptors (Lipinski definition) is 4. The van der Waals surface area contributed by atoms with Crippen LogP contribution in [0.25, 0.3) is 0 Å². The van der Waals surface area contributed by atoms with Crippen molar-refractivity contribution in [3.05, 3.63) is 42.7 Å². The van der Waals surface area contributed by atoms with Crippen molar-refractivity contribution in [2.45, 2.75) is 13.3 Å². The van der Waals surface area contributed by atoms with Gasteiger partial charge in [0.1, 0.15) is 5.75 Å². The lowest BCUT2D eigenvalue weighted by atomic mass is 10.3. The first-order valence-corrected chi connectivity index (χ1v) is 5.62. The van der Waals surface area contributed by atoms with Crippen molar-refractivity contribution in [1.29, 1.82) is 0 Å². The number of carbonyl (C=O) groups is 1. The summed E-state index contributed by atoms with van der Waals surface area (Å²) < 4.78 is 5.43. The molecular formula is C13H13N3O2. The Morgan fingerprint density at radius 3 is 2.50 bits per heavy atom. The van der Waals surface area contributed by atoms with E-state index in [1.807, 2.05) is 30.3 Å². The Kier molecular flexibility index (Phi) is 3.86. The molecule has 2 rings (SSSR count). The quantitative estimate of drug-likeness (QED) is 0.896. The molecule has 0 radical (unpaired) electrons. The van der Waals surface area contributed by atoms with E-state index >= 15 is 0 Å². The molecule has 0 aliphatic rings. The third kappa shape index (κ3) is 3.28. The highest BCUT2D eigenvalue weighted by molar-refractivity contribution is 5.90. The second-order valence-electron chi connectivity index (χ2n) is 3.57. The molecule has 0 aliphatic carbocycles. The Balaban J connectivity index is 2.02. The molecule has 1 amide bonds. The Labute approximate surface area is 105 Å². The maximum absolute atomic E-state index is 11.2. The van der Waals surface area contributed by atoms with Crippen molar-refractivity contribution < 1.29 is 9.53 Å². The maximum atomic E-state index is 11.2. The number of benzene rings is 1. The summed E-state index contributed by atoms with van der Waals surface area (Å²) in [6, 6.07) is 9.51. The van der Waals surface area contributed by atoms with Crippen molar-refractivity contribution in [2.75, 3.05) is 5.32 Å². The van der Waals surface area contributed by atoms with Crippen LogP contribution in [0, 0.1) is 0 Å². The molecule has 18 heavy (non-hydrogen) atoms. The van der Waals surface area contributed by atoms with Crippen LogP contribution in [0.1, 0.15) is 13.3 Å². The molecule has 5 nitrogen and oxygen atoms in total. The van der Waals surface area contributed by atoms with Crippen molar-refractivity contribution in [3.8, 4) is 11.8 Å². The molecule has 92 valence electrons. The first kappa shape index (κ1) is 12.0. The Morgan fingerprint density at radius 2 is 1.89 bits per heavy atom. The van der Waals surface area contributed by atoms with E-state index < -0.39 is 0 Å². The first-order chi connectivity index (χ1) is 8.78. The monoisotopic (exact) mass is 243 g/mol. The van der Waals surface area contributed by atoms with Gasteiger partial charge in [0.2, 0.25) is 5.91 Å². The zero-order chi connectivity index (χ0) is 12.8. The minimum Gasteiger partial charge on any atom is -0.424 e. The summed E-state index contributed by atoms with van der Waals surface area (Å²) in [6.45, 7) is 1.78. The molecule has 0 aliphatic heterocycles. The zero-order valence-electron chi connectivity index (χ0n) is 9.96. The van der Waals surface area contributed by atoms with Gasteiger partial charge in [0.15, 0.2) is 0 Å².